The van der Waals surface area contributed by atoms with Gasteiger partial charge in [-0.2, -0.15) is 0 Å². The molecule has 1 aromatic heterocycles. The molecule has 4 heteroatoms. The summed E-state index contributed by atoms with van der Waals surface area (Å²) in [5.41, 5.74) is 4.33. The lowest BCUT2D eigenvalue weighted by molar-refractivity contribution is -0.150. The number of nitrogens with zero attached hydrogens (tertiary/aromatic N) is 1. The molecule has 2 bridgehead atoms. The summed E-state index contributed by atoms with van der Waals surface area (Å²) in [6.07, 6.45) is 9.78. The van der Waals surface area contributed by atoms with Crippen LogP contribution in [0.4, 0.5) is 0 Å². The van der Waals surface area contributed by atoms with Gasteiger partial charge in [0, 0.05) is 41.1 Å². The second-order valence-corrected chi connectivity index (χ2v) is 9.55. The molecule has 4 nitrogen and oxygen atoms in total. The van der Waals surface area contributed by atoms with Crippen LogP contribution in [0.3, 0.4) is 0 Å². The highest BCUT2D eigenvalue weighted by atomic mass is 16.2. The molecule has 3 heterocycles. The SMILES string of the molecule is CCC1CC2(NC)CC(C2)N1C(=O)CC(C)c1c[nH]c2cccc(C3CC3)c12. The predicted octanol–water partition coefficient (Wildman–Crippen LogP) is 4.67. The van der Waals surface area contributed by atoms with Gasteiger partial charge in [0.15, 0.2) is 0 Å². The van der Waals surface area contributed by atoms with Crippen molar-refractivity contribution < 1.29 is 4.79 Å². The number of aromatic nitrogens is 1. The van der Waals surface area contributed by atoms with E-state index < -0.39 is 0 Å². The van der Waals surface area contributed by atoms with Crippen molar-refractivity contribution in [3.05, 3.63) is 35.5 Å². The molecule has 150 valence electrons. The molecule has 2 atom stereocenters. The van der Waals surface area contributed by atoms with E-state index in [0.717, 1.165) is 31.6 Å². The average molecular weight is 380 g/mol. The van der Waals surface area contributed by atoms with Crippen molar-refractivity contribution in [2.45, 2.75) is 88.3 Å². The van der Waals surface area contributed by atoms with E-state index in [0.29, 0.717) is 30.0 Å². The van der Waals surface area contributed by atoms with Gasteiger partial charge < -0.3 is 15.2 Å². The van der Waals surface area contributed by atoms with E-state index in [2.05, 4.69) is 60.5 Å². The van der Waals surface area contributed by atoms with Gasteiger partial charge in [0.05, 0.1) is 0 Å². The topological polar surface area (TPSA) is 48.1 Å². The maximum absolute atomic E-state index is 13.4. The largest absolute Gasteiger partial charge is 0.361 e. The predicted molar refractivity (Wildman–Crippen MR) is 114 cm³/mol. The zero-order valence-electron chi connectivity index (χ0n) is 17.4. The second kappa shape index (κ2) is 6.62. The van der Waals surface area contributed by atoms with Crippen LogP contribution in [0, 0.1) is 0 Å². The normalized spacial score (nSPS) is 30.3. The van der Waals surface area contributed by atoms with Crippen molar-refractivity contribution in [3.63, 3.8) is 0 Å². The Morgan fingerprint density at radius 2 is 2.11 bits per heavy atom. The van der Waals surface area contributed by atoms with Gasteiger partial charge in [-0.3, -0.25) is 4.79 Å². The third-order valence-corrected chi connectivity index (χ3v) is 7.75. The van der Waals surface area contributed by atoms with Crippen LogP contribution in [0.1, 0.15) is 81.8 Å². The van der Waals surface area contributed by atoms with Crippen LogP contribution in [0.2, 0.25) is 0 Å². The molecule has 1 amide bonds. The Morgan fingerprint density at radius 3 is 2.79 bits per heavy atom. The number of piperidine rings is 2. The van der Waals surface area contributed by atoms with Gasteiger partial charge in [-0.15, -0.1) is 0 Å². The Morgan fingerprint density at radius 1 is 1.32 bits per heavy atom. The van der Waals surface area contributed by atoms with Crippen LogP contribution < -0.4 is 5.32 Å². The maximum atomic E-state index is 13.4. The van der Waals surface area contributed by atoms with Crippen molar-refractivity contribution >= 4 is 16.8 Å². The molecule has 2 aromatic rings. The number of hydrogen-bond donors (Lipinski definition) is 2. The minimum absolute atomic E-state index is 0.245. The first-order valence-electron chi connectivity index (χ1n) is 11.1. The van der Waals surface area contributed by atoms with Crippen LogP contribution in [-0.2, 0) is 4.79 Å². The Hall–Kier alpha value is -1.81. The molecule has 28 heavy (non-hydrogen) atoms. The number of H-pyrrole nitrogens is 1. The first-order valence-corrected chi connectivity index (χ1v) is 11.1. The molecular weight excluding hydrogens is 346 g/mol. The minimum Gasteiger partial charge on any atom is -0.361 e. The van der Waals surface area contributed by atoms with Crippen molar-refractivity contribution in [1.82, 2.24) is 15.2 Å². The summed E-state index contributed by atoms with van der Waals surface area (Å²) in [7, 11) is 2.08. The Kier molecular flexibility index (Phi) is 4.31. The molecule has 2 saturated carbocycles. The lowest BCUT2D eigenvalue weighted by atomic mass is 9.63. The van der Waals surface area contributed by atoms with Gasteiger partial charge in [-0.05, 0) is 74.6 Å². The second-order valence-electron chi connectivity index (χ2n) is 9.55. The highest BCUT2D eigenvalue weighted by molar-refractivity contribution is 5.89. The lowest BCUT2D eigenvalue weighted by Crippen LogP contribution is -2.71. The molecule has 4 fully saturated rings. The number of rotatable bonds is 6. The number of hydrogen-bond acceptors (Lipinski definition) is 2. The number of aromatic amines is 1. The number of carbonyl (C=O) groups excluding carboxylic acids is 1. The molecule has 2 unspecified atom stereocenters. The number of benzene rings is 1. The third-order valence-electron chi connectivity index (χ3n) is 7.75. The summed E-state index contributed by atoms with van der Waals surface area (Å²) in [4.78, 5) is 19.1. The van der Waals surface area contributed by atoms with Crippen LogP contribution in [0.25, 0.3) is 10.9 Å². The first-order chi connectivity index (χ1) is 13.5. The lowest BCUT2D eigenvalue weighted by Gasteiger charge is -2.61. The molecule has 0 spiro atoms. The molecular formula is C24H33N3O. The number of amides is 1. The summed E-state index contributed by atoms with van der Waals surface area (Å²) in [5.74, 6) is 1.32. The Bertz CT molecular complexity index is 890. The fourth-order valence-electron chi connectivity index (χ4n) is 5.95. The van der Waals surface area contributed by atoms with Crippen LogP contribution in [-0.4, -0.2) is 40.5 Å². The Balaban J connectivity index is 1.37. The van der Waals surface area contributed by atoms with Gasteiger partial charge in [0.1, 0.15) is 0 Å². The molecule has 6 rings (SSSR count). The zero-order valence-corrected chi connectivity index (χ0v) is 17.4. The summed E-state index contributed by atoms with van der Waals surface area (Å²) in [5, 5.41) is 4.92. The molecule has 0 radical (unpaired) electrons. The number of nitrogens with one attached hydrogen (secondary N) is 2. The van der Waals surface area contributed by atoms with Gasteiger partial charge in [-0.1, -0.05) is 26.0 Å². The van der Waals surface area contributed by atoms with Crippen molar-refractivity contribution in [2.75, 3.05) is 7.05 Å². The number of carbonyl (C=O) groups is 1. The highest BCUT2D eigenvalue weighted by Gasteiger charge is 2.54. The van der Waals surface area contributed by atoms with E-state index in [-0.39, 0.29) is 5.92 Å². The van der Waals surface area contributed by atoms with E-state index >= 15 is 0 Å². The van der Waals surface area contributed by atoms with E-state index in [1.165, 1.54) is 34.9 Å². The Labute approximate surface area is 168 Å². The van der Waals surface area contributed by atoms with Crippen LogP contribution in [0.5, 0.6) is 0 Å². The maximum Gasteiger partial charge on any atom is 0.223 e. The van der Waals surface area contributed by atoms with Crippen molar-refractivity contribution in [1.29, 1.82) is 0 Å². The van der Waals surface area contributed by atoms with Gasteiger partial charge in [0.2, 0.25) is 5.91 Å². The van der Waals surface area contributed by atoms with Crippen LogP contribution >= 0.6 is 0 Å². The highest BCUT2D eigenvalue weighted by Crippen LogP contribution is 2.48. The van der Waals surface area contributed by atoms with E-state index in [1.807, 2.05) is 0 Å². The molecule has 2 aliphatic carbocycles. The summed E-state index contributed by atoms with van der Waals surface area (Å²) in [6.45, 7) is 4.46. The fourth-order valence-corrected chi connectivity index (χ4v) is 5.95. The summed E-state index contributed by atoms with van der Waals surface area (Å²) < 4.78 is 0. The molecule has 1 aromatic carbocycles. The van der Waals surface area contributed by atoms with Gasteiger partial charge >= 0.3 is 0 Å². The molecule has 4 aliphatic rings. The fraction of sp³-hybridized carbons (Fsp3) is 0.625. The van der Waals surface area contributed by atoms with E-state index in [4.69, 9.17) is 0 Å². The van der Waals surface area contributed by atoms with Gasteiger partial charge in [-0.25, -0.2) is 0 Å². The standard InChI is InChI=1S/C24H33N3O/c1-4-17-11-24(25-3)12-18(13-24)27(17)22(28)10-15(2)20-14-26-21-7-5-6-19(23(20)21)16-8-9-16/h5-7,14-18,25-26H,4,8-13H2,1-3H3. The quantitative estimate of drug-likeness (QED) is 0.766. The number of fused-ring (bicyclic) bond motifs is 3. The monoisotopic (exact) mass is 379 g/mol. The molecule has 2 saturated heterocycles. The van der Waals surface area contributed by atoms with Crippen molar-refractivity contribution in [3.8, 4) is 0 Å². The smallest absolute Gasteiger partial charge is 0.223 e. The van der Waals surface area contributed by atoms with Crippen molar-refractivity contribution in [2.24, 2.45) is 0 Å². The average Bonchev–Trinajstić information content (AvgIpc) is 3.44. The van der Waals surface area contributed by atoms with Gasteiger partial charge in [0.25, 0.3) is 0 Å². The molecule has 2 aliphatic heterocycles. The third kappa shape index (κ3) is 2.80. The summed E-state index contributed by atoms with van der Waals surface area (Å²) >= 11 is 0. The zero-order chi connectivity index (χ0) is 19.5. The minimum atomic E-state index is 0.245. The first kappa shape index (κ1) is 18.2. The van der Waals surface area contributed by atoms with E-state index in [9.17, 15) is 4.79 Å². The summed E-state index contributed by atoms with van der Waals surface area (Å²) in [6, 6.07) is 7.45. The van der Waals surface area contributed by atoms with E-state index in [1.54, 1.807) is 0 Å². The molecule has 2 N–H and O–H groups in total. The van der Waals surface area contributed by atoms with Crippen LogP contribution in [0.15, 0.2) is 24.4 Å².